The molecule has 0 fully saturated rings. The molecule has 0 radical (unpaired) electrons. The molecule has 0 atom stereocenters. The van der Waals surface area contributed by atoms with Crippen molar-refractivity contribution in [3.05, 3.63) is 77.1 Å². The van der Waals surface area contributed by atoms with Gasteiger partial charge < -0.3 is 10.1 Å². The Balaban J connectivity index is 1.49. The maximum absolute atomic E-state index is 13.1. The summed E-state index contributed by atoms with van der Waals surface area (Å²) in [5.41, 5.74) is 3.22. The lowest BCUT2D eigenvalue weighted by Gasteiger charge is -2.08. The summed E-state index contributed by atoms with van der Waals surface area (Å²) in [6.07, 6.45) is 0.855. The third kappa shape index (κ3) is 5.40. The van der Waals surface area contributed by atoms with Crippen molar-refractivity contribution in [3.8, 4) is 11.4 Å². The first-order valence-electron chi connectivity index (χ1n) is 9.40. The van der Waals surface area contributed by atoms with E-state index in [4.69, 9.17) is 4.74 Å². The fourth-order valence-electron chi connectivity index (χ4n) is 3.01. The number of benzene rings is 2. The highest BCUT2D eigenvalue weighted by Gasteiger charge is 2.15. The first kappa shape index (κ1) is 20.5. The molecule has 2 aromatic carbocycles. The van der Waals surface area contributed by atoms with Gasteiger partial charge in [0, 0.05) is 17.8 Å². The van der Waals surface area contributed by atoms with Gasteiger partial charge in [0.15, 0.2) is 0 Å². The molecular formula is C22H23F2N3O2. The molecule has 0 aliphatic rings. The number of amides is 1. The number of carbonyl (C=O) groups excluding carboxylic acids is 1. The molecule has 0 bridgehead atoms. The van der Waals surface area contributed by atoms with E-state index in [0.717, 1.165) is 22.6 Å². The van der Waals surface area contributed by atoms with Crippen LogP contribution < -0.4 is 10.1 Å². The maximum Gasteiger partial charge on any atom is 0.224 e. The molecule has 0 aliphatic carbocycles. The number of rotatable bonds is 8. The first-order chi connectivity index (χ1) is 13.9. The molecule has 5 nitrogen and oxygen atoms in total. The molecule has 1 amide bonds. The number of hydrogen-bond donors (Lipinski definition) is 1. The van der Waals surface area contributed by atoms with Gasteiger partial charge in [-0.15, -0.1) is 0 Å². The van der Waals surface area contributed by atoms with E-state index < -0.39 is 0 Å². The van der Waals surface area contributed by atoms with Gasteiger partial charge in [0.05, 0.1) is 24.4 Å². The quantitative estimate of drug-likeness (QED) is 0.585. The minimum atomic E-state index is -0.307. The Labute approximate surface area is 168 Å². The van der Waals surface area contributed by atoms with Gasteiger partial charge in [0.2, 0.25) is 5.91 Å². The normalized spacial score (nSPS) is 10.8. The SMILES string of the molecule is Cc1nn(-c2ccc(F)cc2)c(C)c1CC(=O)NCCCOc1ccc(F)cc1. The predicted octanol–water partition coefficient (Wildman–Crippen LogP) is 3.90. The lowest BCUT2D eigenvalue weighted by atomic mass is 10.1. The van der Waals surface area contributed by atoms with E-state index in [0.29, 0.717) is 25.3 Å². The minimum Gasteiger partial charge on any atom is -0.494 e. The molecule has 3 aromatic rings. The van der Waals surface area contributed by atoms with Gasteiger partial charge >= 0.3 is 0 Å². The highest BCUT2D eigenvalue weighted by Crippen LogP contribution is 2.19. The smallest absolute Gasteiger partial charge is 0.224 e. The first-order valence-corrected chi connectivity index (χ1v) is 9.40. The van der Waals surface area contributed by atoms with Crippen LogP contribution in [-0.2, 0) is 11.2 Å². The molecule has 29 heavy (non-hydrogen) atoms. The number of aromatic nitrogens is 2. The number of ether oxygens (including phenoxy) is 1. The predicted molar refractivity (Wildman–Crippen MR) is 106 cm³/mol. The fourth-order valence-corrected chi connectivity index (χ4v) is 3.01. The third-order valence-electron chi connectivity index (χ3n) is 4.58. The Hall–Kier alpha value is -3.22. The zero-order valence-electron chi connectivity index (χ0n) is 16.4. The second kappa shape index (κ2) is 9.32. The molecule has 1 heterocycles. The number of aryl methyl sites for hydroxylation is 1. The van der Waals surface area contributed by atoms with Crippen molar-refractivity contribution in [2.45, 2.75) is 26.7 Å². The van der Waals surface area contributed by atoms with Crippen molar-refractivity contribution >= 4 is 5.91 Å². The lowest BCUT2D eigenvalue weighted by Crippen LogP contribution is -2.27. The van der Waals surface area contributed by atoms with E-state index in [2.05, 4.69) is 10.4 Å². The average molecular weight is 399 g/mol. The van der Waals surface area contributed by atoms with Crippen LogP contribution in [0.3, 0.4) is 0 Å². The summed E-state index contributed by atoms with van der Waals surface area (Å²) in [6, 6.07) is 11.9. The monoisotopic (exact) mass is 399 g/mol. The Kier molecular flexibility index (Phi) is 6.59. The van der Waals surface area contributed by atoms with Crippen molar-refractivity contribution in [2.75, 3.05) is 13.2 Å². The topological polar surface area (TPSA) is 56.2 Å². The molecule has 0 saturated heterocycles. The molecule has 0 unspecified atom stereocenters. The third-order valence-corrected chi connectivity index (χ3v) is 4.58. The van der Waals surface area contributed by atoms with Crippen LogP contribution in [0.15, 0.2) is 48.5 Å². The van der Waals surface area contributed by atoms with Crippen LogP contribution >= 0.6 is 0 Å². The van der Waals surface area contributed by atoms with Gasteiger partial charge in [-0.3, -0.25) is 4.79 Å². The van der Waals surface area contributed by atoms with E-state index in [9.17, 15) is 13.6 Å². The number of nitrogens with zero attached hydrogens (tertiary/aromatic N) is 2. The second-order valence-corrected chi connectivity index (χ2v) is 6.72. The second-order valence-electron chi connectivity index (χ2n) is 6.72. The van der Waals surface area contributed by atoms with E-state index in [-0.39, 0.29) is 24.0 Å². The molecule has 0 spiro atoms. The molecule has 0 saturated carbocycles. The van der Waals surface area contributed by atoms with Gasteiger partial charge in [-0.05, 0) is 68.8 Å². The van der Waals surface area contributed by atoms with Gasteiger partial charge in [0.25, 0.3) is 0 Å². The summed E-state index contributed by atoms with van der Waals surface area (Å²) < 4.78 is 33.2. The van der Waals surface area contributed by atoms with Crippen LogP contribution in [-0.4, -0.2) is 28.8 Å². The van der Waals surface area contributed by atoms with Crippen LogP contribution in [0.25, 0.3) is 5.69 Å². The largest absolute Gasteiger partial charge is 0.494 e. The fraction of sp³-hybridized carbons (Fsp3) is 0.273. The Morgan fingerprint density at radius 2 is 1.66 bits per heavy atom. The van der Waals surface area contributed by atoms with Crippen LogP contribution in [0.4, 0.5) is 8.78 Å². The van der Waals surface area contributed by atoms with Crippen LogP contribution in [0.2, 0.25) is 0 Å². The van der Waals surface area contributed by atoms with Crippen molar-refractivity contribution in [3.63, 3.8) is 0 Å². The van der Waals surface area contributed by atoms with E-state index in [1.165, 1.54) is 24.3 Å². The Bertz CT molecular complexity index is 967. The number of halogens is 2. The van der Waals surface area contributed by atoms with Crippen LogP contribution in [0.1, 0.15) is 23.4 Å². The number of hydrogen-bond acceptors (Lipinski definition) is 3. The van der Waals surface area contributed by atoms with Crippen molar-refractivity contribution in [1.29, 1.82) is 0 Å². The summed E-state index contributed by atoms with van der Waals surface area (Å²) in [6.45, 7) is 4.64. The van der Waals surface area contributed by atoms with Gasteiger partial charge in [-0.2, -0.15) is 5.10 Å². The van der Waals surface area contributed by atoms with Crippen LogP contribution in [0.5, 0.6) is 5.75 Å². The summed E-state index contributed by atoms with van der Waals surface area (Å²) in [5, 5.41) is 7.35. The van der Waals surface area contributed by atoms with E-state index in [1.807, 2.05) is 13.8 Å². The molecule has 3 rings (SSSR count). The number of nitrogens with one attached hydrogen (secondary N) is 1. The molecule has 1 N–H and O–H groups in total. The summed E-state index contributed by atoms with van der Waals surface area (Å²) in [7, 11) is 0. The lowest BCUT2D eigenvalue weighted by molar-refractivity contribution is -0.120. The van der Waals surface area contributed by atoms with Gasteiger partial charge in [-0.25, -0.2) is 13.5 Å². The Morgan fingerprint density at radius 3 is 2.31 bits per heavy atom. The van der Waals surface area contributed by atoms with E-state index in [1.54, 1.807) is 28.9 Å². The summed E-state index contributed by atoms with van der Waals surface area (Å²) >= 11 is 0. The number of carbonyl (C=O) groups is 1. The molecule has 0 aliphatic heterocycles. The van der Waals surface area contributed by atoms with Crippen molar-refractivity contribution < 1.29 is 18.3 Å². The molecule has 152 valence electrons. The Morgan fingerprint density at radius 1 is 1.03 bits per heavy atom. The van der Waals surface area contributed by atoms with Gasteiger partial charge in [0.1, 0.15) is 17.4 Å². The zero-order chi connectivity index (χ0) is 20.8. The minimum absolute atomic E-state index is 0.100. The van der Waals surface area contributed by atoms with Gasteiger partial charge in [-0.1, -0.05) is 0 Å². The highest BCUT2D eigenvalue weighted by atomic mass is 19.1. The van der Waals surface area contributed by atoms with Crippen molar-refractivity contribution in [1.82, 2.24) is 15.1 Å². The van der Waals surface area contributed by atoms with Crippen LogP contribution in [0, 0.1) is 25.5 Å². The van der Waals surface area contributed by atoms with E-state index >= 15 is 0 Å². The highest BCUT2D eigenvalue weighted by molar-refractivity contribution is 5.79. The molecular weight excluding hydrogens is 376 g/mol. The standard InChI is InChI=1S/C22H23F2N3O2/c1-15-21(16(2)27(26-15)19-8-4-17(23)5-9-19)14-22(28)25-12-3-13-29-20-10-6-18(24)7-11-20/h4-11H,3,12-14H2,1-2H3,(H,25,28). The maximum atomic E-state index is 13.1. The summed E-state index contributed by atoms with van der Waals surface area (Å²) in [5.74, 6) is -0.120. The molecule has 7 heteroatoms. The summed E-state index contributed by atoms with van der Waals surface area (Å²) in [4.78, 5) is 12.3. The molecule has 1 aromatic heterocycles. The zero-order valence-corrected chi connectivity index (χ0v) is 16.4. The van der Waals surface area contributed by atoms with Crippen molar-refractivity contribution in [2.24, 2.45) is 0 Å². The average Bonchev–Trinajstić information content (AvgIpc) is 2.98.